The van der Waals surface area contributed by atoms with E-state index in [9.17, 15) is 5.11 Å². The van der Waals surface area contributed by atoms with Gasteiger partial charge >= 0.3 is 0 Å². The lowest BCUT2D eigenvalue weighted by Gasteiger charge is -2.12. The van der Waals surface area contributed by atoms with Crippen LogP contribution in [0.1, 0.15) is 17.4 Å². The van der Waals surface area contributed by atoms with E-state index >= 15 is 0 Å². The minimum absolute atomic E-state index is 0.442. The maximum absolute atomic E-state index is 10.5. The summed E-state index contributed by atoms with van der Waals surface area (Å²) in [5.41, 5.74) is 1.24. The van der Waals surface area contributed by atoms with E-state index in [0.29, 0.717) is 27.7 Å². The highest BCUT2D eigenvalue weighted by atomic mass is 35.5. The zero-order valence-corrected chi connectivity index (χ0v) is 11.6. The molecule has 20 heavy (non-hydrogen) atoms. The van der Waals surface area contributed by atoms with Crippen LogP contribution in [-0.2, 0) is 0 Å². The highest BCUT2D eigenvalue weighted by Crippen LogP contribution is 2.34. The van der Waals surface area contributed by atoms with Gasteiger partial charge in [-0.15, -0.1) is 0 Å². The molecule has 0 amide bonds. The number of fused-ring (bicyclic) bond motifs is 1. The molecule has 3 rings (SSSR count). The molecular formula is C16H13ClO3. The fourth-order valence-corrected chi connectivity index (χ4v) is 2.45. The fraction of sp³-hybridized carbons (Fsp3) is 0.125. The molecule has 2 aromatic carbocycles. The normalized spacial score (nSPS) is 12.6. The molecule has 3 nitrogen and oxygen atoms in total. The van der Waals surface area contributed by atoms with Crippen molar-refractivity contribution in [1.82, 2.24) is 0 Å². The number of aliphatic hydroxyl groups excluding tert-OH is 1. The van der Waals surface area contributed by atoms with Gasteiger partial charge in [0.05, 0.1) is 12.1 Å². The molecule has 1 aromatic heterocycles. The number of hydrogen-bond acceptors (Lipinski definition) is 3. The average Bonchev–Trinajstić information content (AvgIpc) is 2.92. The molecule has 102 valence electrons. The molecule has 1 atom stereocenters. The molecule has 0 radical (unpaired) electrons. The lowest BCUT2D eigenvalue weighted by Crippen LogP contribution is -2.00. The van der Waals surface area contributed by atoms with Crippen molar-refractivity contribution in [1.29, 1.82) is 0 Å². The van der Waals surface area contributed by atoms with Crippen molar-refractivity contribution in [3.05, 3.63) is 64.9 Å². The van der Waals surface area contributed by atoms with Gasteiger partial charge in [0.25, 0.3) is 0 Å². The number of hydrogen-bond donors (Lipinski definition) is 1. The van der Waals surface area contributed by atoms with Gasteiger partial charge in [-0.3, -0.25) is 0 Å². The van der Waals surface area contributed by atoms with E-state index in [1.807, 2.05) is 24.3 Å². The number of rotatable bonds is 3. The van der Waals surface area contributed by atoms with Crippen molar-refractivity contribution < 1.29 is 14.3 Å². The number of furan rings is 1. The lowest BCUT2D eigenvalue weighted by atomic mass is 10.1. The predicted molar refractivity (Wildman–Crippen MR) is 78.3 cm³/mol. The van der Waals surface area contributed by atoms with Gasteiger partial charge in [-0.05, 0) is 18.2 Å². The van der Waals surface area contributed by atoms with Gasteiger partial charge in [-0.25, -0.2) is 0 Å². The molecule has 0 aliphatic rings. The lowest BCUT2D eigenvalue weighted by molar-refractivity contribution is 0.188. The van der Waals surface area contributed by atoms with Crippen molar-refractivity contribution in [2.24, 2.45) is 0 Å². The molecule has 1 heterocycles. The van der Waals surface area contributed by atoms with Crippen molar-refractivity contribution in [2.75, 3.05) is 7.11 Å². The van der Waals surface area contributed by atoms with Crippen molar-refractivity contribution in [2.45, 2.75) is 6.10 Å². The summed E-state index contributed by atoms with van der Waals surface area (Å²) in [6.45, 7) is 0. The minimum Gasteiger partial charge on any atom is -0.496 e. The number of halogens is 1. The first kappa shape index (κ1) is 13.0. The molecule has 3 aromatic rings. The van der Waals surface area contributed by atoms with Gasteiger partial charge in [0.15, 0.2) is 5.58 Å². The molecule has 0 aliphatic heterocycles. The first-order valence-corrected chi connectivity index (χ1v) is 6.57. The molecule has 4 heteroatoms. The number of methoxy groups -OCH3 is 1. The van der Waals surface area contributed by atoms with Gasteiger partial charge in [0.2, 0.25) is 0 Å². The second-order valence-electron chi connectivity index (χ2n) is 4.45. The standard InChI is InChI=1S/C16H13ClO3/c1-19-13-8-3-2-6-11(13)15(18)14-9-10-5-4-7-12(17)16(10)20-14/h2-9,15,18H,1H3. The van der Waals surface area contributed by atoms with E-state index in [-0.39, 0.29) is 0 Å². The Bertz CT molecular complexity index is 748. The second kappa shape index (κ2) is 5.19. The van der Waals surface area contributed by atoms with E-state index in [1.165, 1.54) is 0 Å². The molecule has 1 N–H and O–H groups in total. The van der Waals surface area contributed by atoms with Crippen LogP contribution < -0.4 is 4.74 Å². The second-order valence-corrected chi connectivity index (χ2v) is 4.86. The topological polar surface area (TPSA) is 42.6 Å². The van der Waals surface area contributed by atoms with Gasteiger partial charge in [0.1, 0.15) is 17.6 Å². The molecule has 0 fully saturated rings. The van der Waals surface area contributed by atoms with E-state index in [1.54, 1.807) is 31.4 Å². The first-order chi connectivity index (χ1) is 9.70. The van der Waals surface area contributed by atoms with Crippen LogP contribution in [0.5, 0.6) is 5.75 Å². The van der Waals surface area contributed by atoms with Gasteiger partial charge in [-0.2, -0.15) is 0 Å². The Balaban J connectivity index is 2.08. The van der Waals surface area contributed by atoms with Gasteiger partial charge in [0, 0.05) is 10.9 Å². The highest BCUT2D eigenvalue weighted by molar-refractivity contribution is 6.34. The SMILES string of the molecule is COc1ccccc1C(O)c1cc2cccc(Cl)c2o1. The van der Waals surface area contributed by atoms with Crippen LogP contribution in [-0.4, -0.2) is 12.2 Å². The number of para-hydroxylation sites is 2. The van der Waals surface area contributed by atoms with Crippen LogP contribution in [0.3, 0.4) is 0 Å². The Kier molecular flexibility index (Phi) is 3.38. The van der Waals surface area contributed by atoms with Crippen LogP contribution in [0.2, 0.25) is 5.02 Å². The fourth-order valence-electron chi connectivity index (χ4n) is 2.23. The van der Waals surface area contributed by atoms with Crippen LogP contribution in [0.25, 0.3) is 11.0 Å². The van der Waals surface area contributed by atoms with Crippen LogP contribution in [0, 0.1) is 0 Å². The van der Waals surface area contributed by atoms with E-state index in [2.05, 4.69) is 0 Å². The molecular weight excluding hydrogens is 276 g/mol. The number of aliphatic hydroxyl groups is 1. The monoisotopic (exact) mass is 288 g/mol. The summed E-state index contributed by atoms with van der Waals surface area (Å²) < 4.78 is 10.9. The molecule has 1 unspecified atom stereocenters. The van der Waals surface area contributed by atoms with E-state index in [0.717, 1.165) is 5.39 Å². The van der Waals surface area contributed by atoms with Crippen molar-refractivity contribution >= 4 is 22.6 Å². The van der Waals surface area contributed by atoms with Crippen molar-refractivity contribution in [3.63, 3.8) is 0 Å². The van der Waals surface area contributed by atoms with Crippen molar-refractivity contribution in [3.8, 4) is 5.75 Å². The maximum atomic E-state index is 10.5. The Morgan fingerprint density at radius 3 is 2.70 bits per heavy atom. The Morgan fingerprint density at radius 2 is 1.95 bits per heavy atom. The predicted octanol–water partition coefficient (Wildman–Crippen LogP) is 4.18. The first-order valence-electron chi connectivity index (χ1n) is 6.19. The Morgan fingerprint density at radius 1 is 1.15 bits per heavy atom. The maximum Gasteiger partial charge on any atom is 0.153 e. The summed E-state index contributed by atoms with van der Waals surface area (Å²) >= 11 is 6.08. The minimum atomic E-state index is -0.894. The zero-order valence-electron chi connectivity index (χ0n) is 10.8. The van der Waals surface area contributed by atoms with Crippen LogP contribution in [0.15, 0.2) is 52.9 Å². The third-order valence-electron chi connectivity index (χ3n) is 3.22. The molecule has 0 saturated carbocycles. The quantitative estimate of drug-likeness (QED) is 0.786. The third kappa shape index (κ3) is 2.15. The summed E-state index contributed by atoms with van der Waals surface area (Å²) in [7, 11) is 1.57. The summed E-state index contributed by atoms with van der Waals surface area (Å²) in [5.74, 6) is 1.06. The highest BCUT2D eigenvalue weighted by Gasteiger charge is 2.19. The summed E-state index contributed by atoms with van der Waals surface area (Å²) in [5, 5.41) is 11.9. The third-order valence-corrected chi connectivity index (χ3v) is 3.52. The van der Waals surface area contributed by atoms with Crippen LogP contribution >= 0.6 is 11.6 Å². The largest absolute Gasteiger partial charge is 0.496 e. The number of benzene rings is 2. The molecule has 0 saturated heterocycles. The smallest absolute Gasteiger partial charge is 0.153 e. The Labute approximate surface area is 121 Å². The Hall–Kier alpha value is -1.97. The van der Waals surface area contributed by atoms with E-state index < -0.39 is 6.10 Å². The van der Waals surface area contributed by atoms with E-state index in [4.69, 9.17) is 20.8 Å². The summed E-state index contributed by atoms with van der Waals surface area (Å²) in [6.07, 6.45) is -0.894. The molecule has 0 spiro atoms. The molecule has 0 aliphatic carbocycles. The van der Waals surface area contributed by atoms with Gasteiger partial charge in [-0.1, -0.05) is 41.9 Å². The summed E-state index contributed by atoms with van der Waals surface area (Å²) in [6, 6.07) is 14.6. The van der Waals surface area contributed by atoms with Gasteiger partial charge < -0.3 is 14.3 Å². The zero-order chi connectivity index (χ0) is 14.1. The summed E-state index contributed by atoms with van der Waals surface area (Å²) in [4.78, 5) is 0. The molecule has 0 bridgehead atoms. The number of ether oxygens (including phenoxy) is 1. The van der Waals surface area contributed by atoms with Crippen LogP contribution in [0.4, 0.5) is 0 Å². The average molecular weight is 289 g/mol.